The van der Waals surface area contributed by atoms with Crippen LogP contribution in [0.1, 0.15) is 29.0 Å². The third kappa shape index (κ3) is 3.50. The number of rotatable bonds is 4. The number of aryl methyl sites for hydroxylation is 2. The Morgan fingerprint density at radius 1 is 1.22 bits per heavy atom. The van der Waals surface area contributed by atoms with Crippen molar-refractivity contribution in [3.05, 3.63) is 52.4 Å². The summed E-state index contributed by atoms with van der Waals surface area (Å²) in [6, 6.07) is 11.8. The van der Waals surface area contributed by atoms with Crippen LogP contribution in [0.5, 0.6) is 0 Å². The second-order valence-corrected chi connectivity index (χ2v) is 9.14. The standard InChI is InChI=1S/C17H21NO3S2/c1-3-14-5-7-15(8-6-14)16-12-18(10-11-21-16)23(19,20)17-9-4-13(2)22-17/h4-9,16H,3,10-12H2,1-2H3. The fourth-order valence-electron chi connectivity index (χ4n) is 2.69. The van der Waals surface area contributed by atoms with Gasteiger partial charge in [-0.25, -0.2) is 8.42 Å². The van der Waals surface area contributed by atoms with E-state index in [0.717, 1.165) is 16.9 Å². The van der Waals surface area contributed by atoms with Gasteiger partial charge in [0.15, 0.2) is 0 Å². The van der Waals surface area contributed by atoms with Crippen LogP contribution in [0.25, 0.3) is 0 Å². The zero-order valence-electron chi connectivity index (χ0n) is 13.4. The summed E-state index contributed by atoms with van der Waals surface area (Å²) in [7, 11) is -3.42. The highest BCUT2D eigenvalue weighted by Crippen LogP contribution is 2.29. The molecule has 0 spiro atoms. The molecule has 1 atom stereocenters. The maximum atomic E-state index is 12.8. The number of ether oxygens (including phenoxy) is 1. The van der Waals surface area contributed by atoms with Gasteiger partial charge in [0.05, 0.1) is 12.7 Å². The van der Waals surface area contributed by atoms with Gasteiger partial charge in [-0.15, -0.1) is 11.3 Å². The molecule has 0 bridgehead atoms. The van der Waals surface area contributed by atoms with Gasteiger partial charge in [-0.3, -0.25) is 0 Å². The Morgan fingerprint density at radius 3 is 2.57 bits per heavy atom. The van der Waals surface area contributed by atoms with Crippen molar-refractivity contribution in [3.8, 4) is 0 Å². The van der Waals surface area contributed by atoms with Crippen LogP contribution in [0.3, 0.4) is 0 Å². The Balaban J connectivity index is 1.80. The average Bonchev–Trinajstić information content (AvgIpc) is 3.02. The third-order valence-electron chi connectivity index (χ3n) is 4.10. The van der Waals surface area contributed by atoms with Gasteiger partial charge in [0.25, 0.3) is 10.0 Å². The highest BCUT2D eigenvalue weighted by Gasteiger charge is 2.32. The molecule has 1 aromatic carbocycles. The fourth-order valence-corrected chi connectivity index (χ4v) is 5.55. The van der Waals surface area contributed by atoms with Crippen molar-refractivity contribution < 1.29 is 13.2 Å². The van der Waals surface area contributed by atoms with Crippen molar-refractivity contribution in [2.75, 3.05) is 19.7 Å². The van der Waals surface area contributed by atoms with Gasteiger partial charge >= 0.3 is 0 Å². The van der Waals surface area contributed by atoms with E-state index in [2.05, 4.69) is 19.1 Å². The molecule has 0 amide bonds. The molecule has 1 unspecified atom stereocenters. The van der Waals surface area contributed by atoms with Crippen LogP contribution in [0.2, 0.25) is 0 Å². The first-order chi connectivity index (χ1) is 11.0. The van der Waals surface area contributed by atoms with Gasteiger partial charge in [0.2, 0.25) is 0 Å². The third-order valence-corrected chi connectivity index (χ3v) is 7.43. The largest absolute Gasteiger partial charge is 0.371 e. The summed E-state index contributed by atoms with van der Waals surface area (Å²) < 4.78 is 33.3. The summed E-state index contributed by atoms with van der Waals surface area (Å²) in [5.41, 5.74) is 2.30. The van der Waals surface area contributed by atoms with E-state index in [1.54, 1.807) is 10.4 Å². The predicted octanol–water partition coefficient (Wildman–Crippen LogP) is 3.38. The first-order valence-electron chi connectivity index (χ1n) is 7.77. The predicted molar refractivity (Wildman–Crippen MR) is 92.3 cm³/mol. The Bertz CT molecular complexity index is 765. The number of nitrogens with zero attached hydrogens (tertiary/aromatic N) is 1. The maximum absolute atomic E-state index is 12.8. The SMILES string of the molecule is CCc1ccc(C2CN(S(=O)(=O)c3ccc(C)s3)CCO2)cc1. The van der Waals surface area contributed by atoms with Crippen LogP contribution in [-0.2, 0) is 21.2 Å². The second kappa shape index (κ2) is 6.73. The van der Waals surface area contributed by atoms with E-state index >= 15 is 0 Å². The molecule has 2 heterocycles. The zero-order chi connectivity index (χ0) is 16.4. The van der Waals surface area contributed by atoms with Crippen molar-refractivity contribution in [2.45, 2.75) is 30.6 Å². The molecular weight excluding hydrogens is 330 g/mol. The lowest BCUT2D eigenvalue weighted by atomic mass is 10.1. The number of hydrogen-bond donors (Lipinski definition) is 0. The van der Waals surface area contributed by atoms with E-state index in [1.807, 2.05) is 25.1 Å². The van der Waals surface area contributed by atoms with Gasteiger partial charge in [0, 0.05) is 18.0 Å². The molecule has 124 valence electrons. The van der Waals surface area contributed by atoms with E-state index < -0.39 is 10.0 Å². The minimum atomic E-state index is -3.42. The molecule has 1 aliphatic rings. The molecule has 0 aliphatic carbocycles. The van der Waals surface area contributed by atoms with E-state index in [1.165, 1.54) is 16.9 Å². The average molecular weight is 351 g/mol. The molecule has 0 saturated carbocycles. The number of sulfonamides is 1. The number of benzene rings is 1. The van der Waals surface area contributed by atoms with E-state index in [-0.39, 0.29) is 6.10 Å². The molecule has 0 radical (unpaired) electrons. The highest BCUT2D eigenvalue weighted by molar-refractivity contribution is 7.91. The van der Waals surface area contributed by atoms with Gasteiger partial charge in [-0.05, 0) is 36.6 Å². The highest BCUT2D eigenvalue weighted by atomic mass is 32.2. The van der Waals surface area contributed by atoms with Crippen molar-refractivity contribution in [1.82, 2.24) is 4.31 Å². The summed E-state index contributed by atoms with van der Waals surface area (Å²) in [5, 5.41) is 0. The minimum absolute atomic E-state index is 0.203. The lowest BCUT2D eigenvalue weighted by Crippen LogP contribution is -2.41. The zero-order valence-corrected chi connectivity index (χ0v) is 15.0. The Hall–Kier alpha value is -1.21. The summed E-state index contributed by atoms with van der Waals surface area (Å²) in [6.07, 6.45) is 0.787. The number of morpholine rings is 1. The molecule has 4 nitrogen and oxygen atoms in total. The van der Waals surface area contributed by atoms with Gasteiger partial charge in [-0.2, -0.15) is 4.31 Å². The van der Waals surface area contributed by atoms with Crippen molar-refractivity contribution >= 4 is 21.4 Å². The molecule has 3 rings (SSSR count). The lowest BCUT2D eigenvalue weighted by Gasteiger charge is -2.32. The molecule has 0 N–H and O–H groups in total. The molecule has 1 saturated heterocycles. The topological polar surface area (TPSA) is 46.6 Å². The summed E-state index contributed by atoms with van der Waals surface area (Å²) >= 11 is 1.32. The van der Waals surface area contributed by atoms with E-state index in [4.69, 9.17) is 4.74 Å². The maximum Gasteiger partial charge on any atom is 0.252 e. The molecule has 23 heavy (non-hydrogen) atoms. The van der Waals surface area contributed by atoms with Gasteiger partial charge < -0.3 is 4.74 Å². The van der Waals surface area contributed by atoms with Crippen LogP contribution in [0.4, 0.5) is 0 Å². The van der Waals surface area contributed by atoms with E-state index in [9.17, 15) is 8.42 Å². The van der Waals surface area contributed by atoms with Crippen LogP contribution in [0, 0.1) is 6.92 Å². The van der Waals surface area contributed by atoms with Crippen LogP contribution >= 0.6 is 11.3 Å². The normalized spacial score (nSPS) is 19.8. The van der Waals surface area contributed by atoms with Crippen molar-refractivity contribution in [2.24, 2.45) is 0 Å². The Morgan fingerprint density at radius 2 is 1.96 bits per heavy atom. The molecule has 6 heteroatoms. The first kappa shape index (κ1) is 16.6. The summed E-state index contributed by atoms with van der Waals surface area (Å²) in [4.78, 5) is 1.00. The fraction of sp³-hybridized carbons (Fsp3) is 0.412. The smallest absolute Gasteiger partial charge is 0.252 e. The van der Waals surface area contributed by atoms with Crippen molar-refractivity contribution in [1.29, 1.82) is 0 Å². The molecule has 1 fully saturated rings. The minimum Gasteiger partial charge on any atom is -0.371 e. The second-order valence-electron chi connectivity index (χ2n) is 5.68. The Kier molecular flexibility index (Phi) is 4.87. The van der Waals surface area contributed by atoms with Gasteiger partial charge in [0.1, 0.15) is 4.21 Å². The summed E-state index contributed by atoms with van der Waals surface area (Å²) in [5.74, 6) is 0. The summed E-state index contributed by atoms with van der Waals surface area (Å²) in [6.45, 7) is 5.22. The molecule has 1 aromatic heterocycles. The monoisotopic (exact) mass is 351 g/mol. The van der Waals surface area contributed by atoms with Crippen LogP contribution in [0.15, 0.2) is 40.6 Å². The Labute approximate surface area is 141 Å². The number of thiophene rings is 1. The van der Waals surface area contributed by atoms with Crippen molar-refractivity contribution in [3.63, 3.8) is 0 Å². The quantitative estimate of drug-likeness (QED) is 0.848. The molecular formula is C17H21NO3S2. The van der Waals surface area contributed by atoms with E-state index in [0.29, 0.717) is 23.9 Å². The van der Waals surface area contributed by atoms with Crippen LogP contribution in [-0.4, -0.2) is 32.4 Å². The molecule has 2 aromatic rings. The van der Waals surface area contributed by atoms with Crippen LogP contribution < -0.4 is 0 Å². The van der Waals surface area contributed by atoms with Gasteiger partial charge in [-0.1, -0.05) is 31.2 Å². The first-order valence-corrected chi connectivity index (χ1v) is 10.0. The molecule has 1 aliphatic heterocycles. The number of hydrogen-bond acceptors (Lipinski definition) is 4. The lowest BCUT2D eigenvalue weighted by molar-refractivity contribution is -0.00250.